The fourth-order valence-corrected chi connectivity index (χ4v) is 4.31. The van der Waals surface area contributed by atoms with Crippen LogP contribution in [-0.2, 0) is 28.0 Å². The molecule has 1 fully saturated rings. The van der Waals surface area contributed by atoms with Gasteiger partial charge in [-0.2, -0.15) is 0 Å². The van der Waals surface area contributed by atoms with E-state index < -0.39 is 11.6 Å². The Balaban J connectivity index is 1.83. The zero-order valence-electron chi connectivity index (χ0n) is 16.8. The van der Waals surface area contributed by atoms with Crippen molar-refractivity contribution in [1.82, 2.24) is 15.1 Å². The van der Waals surface area contributed by atoms with Crippen molar-refractivity contribution >= 4 is 17.8 Å². The van der Waals surface area contributed by atoms with Crippen LogP contribution in [0.4, 0.5) is 4.79 Å². The molecule has 6 heteroatoms. The van der Waals surface area contributed by atoms with E-state index in [2.05, 4.69) is 11.4 Å². The average molecular weight is 371 g/mol. The number of hydrogen-bond acceptors (Lipinski definition) is 3. The first-order chi connectivity index (χ1) is 12.6. The maximum absolute atomic E-state index is 13.1. The Morgan fingerprint density at radius 2 is 1.78 bits per heavy atom. The molecule has 1 aliphatic heterocycles. The van der Waals surface area contributed by atoms with Crippen molar-refractivity contribution in [3.05, 3.63) is 34.9 Å². The molecule has 27 heavy (non-hydrogen) atoms. The summed E-state index contributed by atoms with van der Waals surface area (Å²) in [6.07, 6.45) is 3.19. The van der Waals surface area contributed by atoms with E-state index >= 15 is 0 Å². The minimum Gasteiger partial charge on any atom is -0.336 e. The summed E-state index contributed by atoms with van der Waals surface area (Å²) in [5.74, 6) is -0.590. The maximum atomic E-state index is 13.1. The lowest BCUT2D eigenvalue weighted by molar-refractivity contribution is -0.141. The molecular weight excluding hydrogens is 342 g/mol. The molecule has 4 amide bonds. The minimum atomic E-state index is -1.13. The van der Waals surface area contributed by atoms with Gasteiger partial charge in [-0.05, 0) is 70.6 Å². The van der Waals surface area contributed by atoms with Crippen molar-refractivity contribution < 1.29 is 14.4 Å². The van der Waals surface area contributed by atoms with Crippen LogP contribution in [0.1, 0.15) is 57.7 Å². The van der Waals surface area contributed by atoms with Gasteiger partial charge in [0.05, 0.1) is 0 Å². The van der Waals surface area contributed by atoms with Crippen LogP contribution >= 0.6 is 0 Å². The van der Waals surface area contributed by atoms with Crippen molar-refractivity contribution in [2.75, 3.05) is 6.54 Å². The lowest BCUT2D eigenvalue weighted by Crippen LogP contribution is -2.49. The summed E-state index contributed by atoms with van der Waals surface area (Å²) in [7, 11) is 0. The summed E-state index contributed by atoms with van der Waals surface area (Å²) in [4.78, 5) is 41.1. The molecular formula is C21H29N3O3. The smallest absolute Gasteiger partial charge is 0.325 e. The average Bonchev–Trinajstić information content (AvgIpc) is 3.12. The zero-order valence-corrected chi connectivity index (χ0v) is 16.8. The molecule has 0 saturated carbocycles. The monoisotopic (exact) mass is 371 g/mol. The third kappa shape index (κ3) is 3.33. The Morgan fingerprint density at radius 3 is 2.41 bits per heavy atom. The Labute approximate surface area is 160 Å². The van der Waals surface area contributed by atoms with Gasteiger partial charge < -0.3 is 10.2 Å². The SMILES string of the molecule is CC(C)N(C(=O)CN1C(=O)N[C@@](C)(c2ccc3c(c2)CCC3)C1=O)C(C)C. The van der Waals surface area contributed by atoms with E-state index in [-0.39, 0.29) is 30.4 Å². The van der Waals surface area contributed by atoms with Crippen LogP contribution < -0.4 is 5.32 Å². The Hall–Kier alpha value is -2.37. The summed E-state index contributed by atoms with van der Waals surface area (Å²) in [6.45, 7) is 9.20. The number of amides is 4. The third-order valence-corrected chi connectivity index (χ3v) is 5.64. The van der Waals surface area contributed by atoms with Gasteiger partial charge in [-0.25, -0.2) is 4.79 Å². The highest BCUT2D eigenvalue weighted by Gasteiger charge is 2.50. The number of imide groups is 1. The molecule has 1 N–H and O–H groups in total. The molecule has 0 radical (unpaired) electrons. The quantitative estimate of drug-likeness (QED) is 0.809. The van der Waals surface area contributed by atoms with Crippen molar-refractivity contribution in [3.8, 4) is 0 Å². The van der Waals surface area contributed by atoms with Crippen LogP contribution in [0.2, 0.25) is 0 Å². The Kier molecular flexibility index (Phi) is 5.02. The fraction of sp³-hybridized carbons (Fsp3) is 0.571. The molecule has 6 nitrogen and oxygen atoms in total. The lowest BCUT2D eigenvalue weighted by Gasteiger charge is -2.32. The molecule has 2 aliphatic rings. The molecule has 0 aromatic heterocycles. The predicted octanol–water partition coefficient (Wildman–Crippen LogP) is 2.59. The Bertz CT molecular complexity index is 779. The second-order valence-corrected chi connectivity index (χ2v) is 8.27. The van der Waals surface area contributed by atoms with Gasteiger partial charge in [0.25, 0.3) is 5.91 Å². The number of nitrogens with zero attached hydrogens (tertiary/aromatic N) is 2. The van der Waals surface area contributed by atoms with Gasteiger partial charge in [0.15, 0.2) is 0 Å². The number of nitrogens with one attached hydrogen (secondary N) is 1. The van der Waals surface area contributed by atoms with Gasteiger partial charge >= 0.3 is 6.03 Å². The molecule has 3 rings (SSSR count). The van der Waals surface area contributed by atoms with Crippen LogP contribution in [0.15, 0.2) is 18.2 Å². The molecule has 0 spiro atoms. The molecule has 1 aromatic carbocycles. The molecule has 0 bridgehead atoms. The molecule has 1 aromatic rings. The number of hydrogen-bond donors (Lipinski definition) is 1. The molecule has 1 aliphatic carbocycles. The summed E-state index contributed by atoms with van der Waals surface area (Å²) in [5.41, 5.74) is 2.21. The molecule has 1 saturated heterocycles. The molecule has 1 heterocycles. The van der Waals surface area contributed by atoms with Gasteiger partial charge in [-0.1, -0.05) is 18.2 Å². The van der Waals surface area contributed by atoms with Crippen molar-refractivity contribution in [1.29, 1.82) is 0 Å². The normalized spacial score (nSPS) is 21.8. The van der Waals surface area contributed by atoms with Crippen LogP contribution in [-0.4, -0.2) is 46.3 Å². The highest BCUT2D eigenvalue weighted by Crippen LogP contribution is 2.32. The standard InChI is InChI=1S/C21H29N3O3/c1-13(2)24(14(3)4)18(25)12-23-19(26)21(5,22-20(23)27)17-10-9-15-7-6-8-16(15)11-17/h9-11,13-14H,6-8,12H2,1-5H3,(H,22,27)/t21-/m0/s1. The number of carbonyl (C=O) groups excluding carboxylic acids is 3. The minimum absolute atomic E-state index is 0.00126. The number of aryl methyl sites for hydroxylation is 2. The summed E-state index contributed by atoms with van der Waals surface area (Å²) >= 11 is 0. The van der Waals surface area contributed by atoms with Gasteiger partial charge in [-0.15, -0.1) is 0 Å². The highest BCUT2D eigenvalue weighted by atomic mass is 16.2. The first-order valence-electron chi connectivity index (χ1n) is 9.72. The number of carbonyl (C=O) groups is 3. The van der Waals surface area contributed by atoms with E-state index in [0.717, 1.165) is 29.7 Å². The van der Waals surface area contributed by atoms with Crippen LogP contribution in [0.25, 0.3) is 0 Å². The second kappa shape index (κ2) is 6.98. The molecule has 146 valence electrons. The first-order valence-corrected chi connectivity index (χ1v) is 9.72. The van der Waals surface area contributed by atoms with Crippen LogP contribution in [0, 0.1) is 0 Å². The van der Waals surface area contributed by atoms with Crippen molar-refractivity contribution in [2.45, 2.75) is 71.5 Å². The van der Waals surface area contributed by atoms with Crippen LogP contribution in [0.3, 0.4) is 0 Å². The summed E-state index contributed by atoms with van der Waals surface area (Å²) < 4.78 is 0. The maximum Gasteiger partial charge on any atom is 0.325 e. The first kappa shape index (κ1) is 19.4. The highest BCUT2D eigenvalue weighted by molar-refractivity contribution is 6.09. The zero-order chi connectivity index (χ0) is 19.9. The largest absolute Gasteiger partial charge is 0.336 e. The number of benzene rings is 1. The van der Waals surface area contributed by atoms with Gasteiger partial charge in [0, 0.05) is 12.1 Å². The predicted molar refractivity (Wildman–Crippen MR) is 103 cm³/mol. The van der Waals surface area contributed by atoms with E-state index in [1.54, 1.807) is 11.8 Å². The summed E-state index contributed by atoms with van der Waals surface area (Å²) in [6, 6.07) is 5.49. The van der Waals surface area contributed by atoms with Crippen molar-refractivity contribution in [2.24, 2.45) is 0 Å². The topological polar surface area (TPSA) is 69.7 Å². The Morgan fingerprint density at radius 1 is 1.15 bits per heavy atom. The molecule has 0 unspecified atom stereocenters. The van der Waals surface area contributed by atoms with E-state index in [1.807, 2.05) is 39.8 Å². The number of fused-ring (bicyclic) bond motifs is 1. The van der Waals surface area contributed by atoms with Gasteiger partial charge in [0.2, 0.25) is 5.91 Å². The molecule has 1 atom stereocenters. The lowest BCUT2D eigenvalue weighted by atomic mass is 9.89. The van der Waals surface area contributed by atoms with Gasteiger partial charge in [0.1, 0.15) is 12.1 Å². The van der Waals surface area contributed by atoms with Crippen LogP contribution in [0.5, 0.6) is 0 Å². The van der Waals surface area contributed by atoms with Gasteiger partial charge in [-0.3, -0.25) is 14.5 Å². The second-order valence-electron chi connectivity index (χ2n) is 8.27. The summed E-state index contributed by atoms with van der Waals surface area (Å²) in [5, 5.41) is 2.81. The number of rotatable bonds is 5. The van der Waals surface area contributed by atoms with E-state index in [4.69, 9.17) is 0 Å². The van der Waals surface area contributed by atoms with E-state index in [0.29, 0.717) is 0 Å². The van der Waals surface area contributed by atoms with Crippen molar-refractivity contribution in [3.63, 3.8) is 0 Å². The van der Waals surface area contributed by atoms with E-state index in [9.17, 15) is 14.4 Å². The number of urea groups is 1. The third-order valence-electron chi connectivity index (χ3n) is 5.64. The fourth-order valence-electron chi connectivity index (χ4n) is 4.31. The van der Waals surface area contributed by atoms with E-state index in [1.165, 1.54) is 11.1 Å².